The van der Waals surface area contributed by atoms with E-state index in [-0.39, 0.29) is 5.91 Å². The Bertz CT molecular complexity index is 340. The molecule has 4 heteroatoms. The minimum Gasteiger partial charge on any atom is -0.497 e. The smallest absolute Gasteiger partial charge is 0.221 e. The molecule has 0 bridgehead atoms. The van der Waals surface area contributed by atoms with Crippen molar-refractivity contribution in [2.45, 2.75) is 13.0 Å². The van der Waals surface area contributed by atoms with Gasteiger partial charge in [0.05, 0.1) is 7.11 Å². The van der Waals surface area contributed by atoms with Crippen molar-refractivity contribution in [3.05, 3.63) is 29.8 Å². The van der Waals surface area contributed by atoms with Crippen molar-refractivity contribution >= 4 is 5.91 Å². The summed E-state index contributed by atoms with van der Waals surface area (Å²) in [5, 5.41) is 5.78. The molecule has 0 atom stereocenters. The van der Waals surface area contributed by atoms with Gasteiger partial charge in [-0.15, -0.1) is 0 Å². The van der Waals surface area contributed by atoms with Gasteiger partial charge in [0.1, 0.15) is 5.75 Å². The summed E-state index contributed by atoms with van der Waals surface area (Å²) in [5.41, 5.74) is 1.15. The Morgan fingerprint density at radius 3 is 2.94 bits per heavy atom. The van der Waals surface area contributed by atoms with Gasteiger partial charge in [-0.25, -0.2) is 0 Å². The lowest BCUT2D eigenvalue weighted by Gasteiger charge is -2.06. The molecule has 0 spiro atoms. The first-order valence-electron chi connectivity index (χ1n) is 5.30. The average molecular weight is 222 g/mol. The number of rotatable bonds is 6. The van der Waals surface area contributed by atoms with Crippen LogP contribution in [0.25, 0.3) is 0 Å². The number of hydrogen-bond acceptors (Lipinski definition) is 3. The SMILES string of the molecule is CNC(=O)CCNCc1cccc(OC)c1. The van der Waals surface area contributed by atoms with Crippen LogP contribution in [0.3, 0.4) is 0 Å². The summed E-state index contributed by atoms with van der Waals surface area (Å²) in [6.07, 6.45) is 0.500. The lowest BCUT2D eigenvalue weighted by Crippen LogP contribution is -2.24. The van der Waals surface area contributed by atoms with Crippen LogP contribution in [-0.2, 0) is 11.3 Å². The van der Waals surface area contributed by atoms with E-state index >= 15 is 0 Å². The highest BCUT2D eigenvalue weighted by Gasteiger charge is 1.98. The van der Waals surface area contributed by atoms with E-state index in [4.69, 9.17) is 4.74 Å². The summed E-state index contributed by atoms with van der Waals surface area (Å²) in [7, 11) is 3.29. The molecular formula is C12H18N2O2. The molecule has 2 N–H and O–H groups in total. The van der Waals surface area contributed by atoms with E-state index in [1.807, 2.05) is 24.3 Å². The van der Waals surface area contributed by atoms with E-state index in [2.05, 4.69) is 10.6 Å². The van der Waals surface area contributed by atoms with E-state index in [0.717, 1.165) is 17.9 Å². The summed E-state index contributed by atoms with van der Waals surface area (Å²) >= 11 is 0. The number of carbonyl (C=O) groups is 1. The van der Waals surface area contributed by atoms with Gasteiger partial charge in [0.2, 0.25) is 5.91 Å². The third-order valence-electron chi connectivity index (χ3n) is 2.27. The molecule has 0 aromatic heterocycles. The molecule has 0 aliphatic heterocycles. The highest BCUT2D eigenvalue weighted by Crippen LogP contribution is 2.11. The van der Waals surface area contributed by atoms with Crippen molar-refractivity contribution in [3.63, 3.8) is 0 Å². The summed E-state index contributed by atoms with van der Waals surface area (Å²) in [5.74, 6) is 0.906. The zero-order valence-corrected chi connectivity index (χ0v) is 9.75. The first-order valence-corrected chi connectivity index (χ1v) is 5.30. The third-order valence-corrected chi connectivity index (χ3v) is 2.27. The average Bonchev–Trinajstić information content (AvgIpc) is 2.34. The molecule has 0 radical (unpaired) electrons. The minimum atomic E-state index is 0.0538. The van der Waals surface area contributed by atoms with Crippen molar-refractivity contribution in [3.8, 4) is 5.75 Å². The van der Waals surface area contributed by atoms with Gasteiger partial charge < -0.3 is 15.4 Å². The topological polar surface area (TPSA) is 50.4 Å². The summed E-state index contributed by atoms with van der Waals surface area (Å²) < 4.78 is 5.12. The molecule has 16 heavy (non-hydrogen) atoms. The second-order valence-corrected chi connectivity index (χ2v) is 3.45. The number of ether oxygens (including phenoxy) is 1. The van der Waals surface area contributed by atoms with Crippen LogP contribution in [0, 0.1) is 0 Å². The standard InChI is InChI=1S/C12H18N2O2/c1-13-12(15)6-7-14-9-10-4-3-5-11(8-10)16-2/h3-5,8,14H,6-7,9H2,1-2H3,(H,13,15). The molecule has 0 aliphatic rings. The highest BCUT2D eigenvalue weighted by molar-refractivity contribution is 5.75. The maximum atomic E-state index is 11.0. The summed E-state index contributed by atoms with van der Waals surface area (Å²) in [4.78, 5) is 11.0. The number of benzene rings is 1. The van der Waals surface area contributed by atoms with Crippen LogP contribution >= 0.6 is 0 Å². The van der Waals surface area contributed by atoms with Crippen LogP contribution in [0.1, 0.15) is 12.0 Å². The molecule has 0 aliphatic carbocycles. The third kappa shape index (κ3) is 4.31. The maximum absolute atomic E-state index is 11.0. The number of hydrogen-bond donors (Lipinski definition) is 2. The Kier molecular flexibility index (Phi) is 5.36. The lowest BCUT2D eigenvalue weighted by molar-refractivity contribution is -0.120. The predicted octanol–water partition coefficient (Wildman–Crippen LogP) is 0.921. The monoisotopic (exact) mass is 222 g/mol. The highest BCUT2D eigenvalue weighted by atomic mass is 16.5. The molecule has 0 saturated heterocycles. The van der Waals surface area contributed by atoms with Gasteiger partial charge in [-0.05, 0) is 17.7 Å². The molecule has 0 fully saturated rings. The first-order chi connectivity index (χ1) is 7.76. The normalized spacial score (nSPS) is 9.88. The second-order valence-electron chi connectivity index (χ2n) is 3.45. The van der Waals surface area contributed by atoms with E-state index in [9.17, 15) is 4.79 Å². The van der Waals surface area contributed by atoms with Crippen molar-refractivity contribution in [2.75, 3.05) is 20.7 Å². The van der Waals surface area contributed by atoms with E-state index in [1.165, 1.54) is 0 Å². The number of carbonyl (C=O) groups excluding carboxylic acids is 1. The van der Waals surface area contributed by atoms with Crippen molar-refractivity contribution in [2.24, 2.45) is 0 Å². The Morgan fingerprint density at radius 1 is 1.44 bits per heavy atom. The van der Waals surface area contributed by atoms with Gasteiger partial charge in [-0.1, -0.05) is 12.1 Å². The Balaban J connectivity index is 2.28. The Hall–Kier alpha value is -1.55. The quantitative estimate of drug-likeness (QED) is 0.704. The van der Waals surface area contributed by atoms with Gasteiger partial charge >= 0.3 is 0 Å². The molecule has 1 aromatic carbocycles. The molecular weight excluding hydrogens is 204 g/mol. The zero-order valence-electron chi connectivity index (χ0n) is 9.75. The van der Waals surface area contributed by atoms with Crippen LogP contribution in [0.4, 0.5) is 0 Å². The first kappa shape index (κ1) is 12.5. The lowest BCUT2D eigenvalue weighted by atomic mass is 10.2. The fraction of sp³-hybridized carbons (Fsp3) is 0.417. The van der Waals surface area contributed by atoms with Crippen LogP contribution in [0.5, 0.6) is 5.75 Å². The van der Waals surface area contributed by atoms with Crippen molar-refractivity contribution < 1.29 is 9.53 Å². The maximum Gasteiger partial charge on any atom is 0.221 e. The van der Waals surface area contributed by atoms with Crippen molar-refractivity contribution in [1.29, 1.82) is 0 Å². The molecule has 4 nitrogen and oxygen atoms in total. The fourth-order valence-corrected chi connectivity index (χ4v) is 1.34. The summed E-state index contributed by atoms with van der Waals surface area (Å²) in [6.45, 7) is 1.42. The number of nitrogens with one attached hydrogen (secondary N) is 2. The zero-order chi connectivity index (χ0) is 11.8. The number of methoxy groups -OCH3 is 1. The minimum absolute atomic E-state index is 0.0538. The van der Waals surface area contributed by atoms with E-state index in [1.54, 1.807) is 14.2 Å². The van der Waals surface area contributed by atoms with Crippen molar-refractivity contribution in [1.82, 2.24) is 10.6 Å². The van der Waals surface area contributed by atoms with Gasteiger partial charge in [-0.2, -0.15) is 0 Å². The Labute approximate surface area is 96.0 Å². The summed E-state index contributed by atoms with van der Waals surface area (Å²) in [6, 6.07) is 7.87. The molecule has 1 amide bonds. The molecule has 1 rings (SSSR count). The fourth-order valence-electron chi connectivity index (χ4n) is 1.34. The largest absolute Gasteiger partial charge is 0.497 e. The van der Waals surface area contributed by atoms with E-state index < -0.39 is 0 Å². The van der Waals surface area contributed by atoms with Crippen LogP contribution in [0.15, 0.2) is 24.3 Å². The molecule has 0 unspecified atom stereocenters. The molecule has 0 saturated carbocycles. The van der Waals surface area contributed by atoms with E-state index in [0.29, 0.717) is 13.0 Å². The predicted molar refractivity (Wildman–Crippen MR) is 63.4 cm³/mol. The van der Waals surface area contributed by atoms with Gasteiger partial charge in [0.15, 0.2) is 0 Å². The molecule has 1 aromatic rings. The molecule has 0 heterocycles. The molecule has 88 valence electrons. The van der Waals surface area contributed by atoms with Gasteiger partial charge in [0, 0.05) is 26.6 Å². The van der Waals surface area contributed by atoms with Crippen LogP contribution in [0.2, 0.25) is 0 Å². The number of amides is 1. The van der Waals surface area contributed by atoms with Gasteiger partial charge in [-0.3, -0.25) is 4.79 Å². The van der Waals surface area contributed by atoms with Crippen LogP contribution in [-0.4, -0.2) is 26.6 Å². The Morgan fingerprint density at radius 2 is 2.25 bits per heavy atom. The second kappa shape index (κ2) is 6.85. The van der Waals surface area contributed by atoms with Crippen LogP contribution < -0.4 is 15.4 Å². The van der Waals surface area contributed by atoms with Gasteiger partial charge in [0.25, 0.3) is 0 Å².